The van der Waals surface area contributed by atoms with E-state index < -0.39 is 30.2 Å². The Labute approximate surface area is 108 Å². The van der Waals surface area contributed by atoms with E-state index in [4.69, 9.17) is 5.11 Å². The second-order valence-electron chi connectivity index (χ2n) is 3.59. The van der Waals surface area contributed by atoms with E-state index in [1.165, 1.54) is 18.2 Å². The molecule has 5 nitrogen and oxygen atoms in total. The zero-order valence-corrected chi connectivity index (χ0v) is 9.90. The number of carbonyl (C=O) groups excluding carboxylic acids is 1. The average molecular weight is 270 g/mol. The zero-order chi connectivity index (χ0) is 14.4. The standard InChI is InChI=1S/C12H12F2N2O3/c1-2-6-16(7-10(17)18)12(19)15-9-5-3-4-8(13)11(9)14/h2-5H,1,6-7H2,(H,15,19)(H,17,18). The van der Waals surface area contributed by atoms with Crippen LogP contribution in [0.3, 0.4) is 0 Å². The fourth-order valence-corrected chi connectivity index (χ4v) is 1.33. The van der Waals surface area contributed by atoms with Gasteiger partial charge in [0.15, 0.2) is 11.6 Å². The van der Waals surface area contributed by atoms with Gasteiger partial charge in [0, 0.05) is 6.54 Å². The first-order valence-corrected chi connectivity index (χ1v) is 5.28. The van der Waals surface area contributed by atoms with Crippen LogP contribution in [0.1, 0.15) is 0 Å². The van der Waals surface area contributed by atoms with Gasteiger partial charge in [0.2, 0.25) is 0 Å². The summed E-state index contributed by atoms with van der Waals surface area (Å²) < 4.78 is 26.3. The molecular weight excluding hydrogens is 258 g/mol. The Morgan fingerprint density at radius 1 is 1.42 bits per heavy atom. The number of carbonyl (C=O) groups is 2. The molecule has 19 heavy (non-hydrogen) atoms. The van der Waals surface area contributed by atoms with Gasteiger partial charge < -0.3 is 15.3 Å². The summed E-state index contributed by atoms with van der Waals surface area (Å²) >= 11 is 0. The summed E-state index contributed by atoms with van der Waals surface area (Å²) in [6.45, 7) is 2.77. The molecule has 0 radical (unpaired) electrons. The minimum atomic E-state index is -1.23. The quantitative estimate of drug-likeness (QED) is 0.805. The molecular formula is C12H12F2N2O3. The molecule has 102 valence electrons. The van der Waals surface area contributed by atoms with E-state index in [0.29, 0.717) is 0 Å². The molecule has 2 N–H and O–H groups in total. The third kappa shape index (κ3) is 4.06. The Balaban J connectivity index is 2.83. The van der Waals surface area contributed by atoms with Gasteiger partial charge in [-0.2, -0.15) is 0 Å². The van der Waals surface area contributed by atoms with Gasteiger partial charge in [-0.15, -0.1) is 6.58 Å². The lowest BCUT2D eigenvalue weighted by Gasteiger charge is -2.19. The summed E-state index contributed by atoms with van der Waals surface area (Å²) in [5.41, 5.74) is -0.357. The van der Waals surface area contributed by atoms with E-state index in [1.54, 1.807) is 0 Å². The Morgan fingerprint density at radius 2 is 2.11 bits per heavy atom. The van der Waals surface area contributed by atoms with E-state index in [9.17, 15) is 18.4 Å². The van der Waals surface area contributed by atoms with E-state index in [-0.39, 0.29) is 12.2 Å². The van der Waals surface area contributed by atoms with Gasteiger partial charge in [0.25, 0.3) is 0 Å². The highest BCUT2D eigenvalue weighted by atomic mass is 19.2. The van der Waals surface area contributed by atoms with Gasteiger partial charge in [-0.05, 0) is 12.1 Å². The number of halogens is 2. The predicted octanol–water partition coefficient (Wildman–Crippen LogP) is 2.07. The van der Waals surface area contributed by atoms with Crippen molar-refractivity contribution < 1.29 is 23.5 Å². The molecule has 2 amide bonds. The third-order valence-corrected chi connectivity index (χ3v) is 2.16. The van der Waals surface area contributed by atoms with Crippen LogP contribution in [0.25, 0.3) is 0 Å². The van der Waals surface area contributed by atoms with Crippen molar-refractivity contribution in [2.75, 3.05) is 18.4 Å². The molecule has 0 aliphatic carbocycles. The topological polar surface area (TPSA) is 69.6 Å². The number of anilines is 1. The fourth-order valence-electron chi connectivity index (χ4n) is 1.33. The van der Waals surface area contributed by atoms with Gasteiger partial charge in [-0.1, -0.05) is 12.1 Å². The van der Waals surface area contributed by atoms with Crippen LogP contribution in [0.2, 0.25) is 0 Å². The summed E-state index contributed by atoms with van der Waals surface area (Å²) in [6.07, 6.45) is 1.32. The molecule has 0 aromatic heterocycles. The number of carboxylic acid groups (broad SMARTS) is 1. The lowest BCUT2D eigenvalue weighted by molar-refractivity contribution is -0.137. The molecule has 0 bridgehead atoms. The smallest absolute Gasteiger partial charge is 0.323 e. The molecule has 0 saturated heterocycles. The zero-order valence-electron chi connectivity index (χ0n) is 9.90. The van der Waals surface area contributed by atoms with Crippen LogP contribution < -0.4 is 5.32 Å². The number of urea groups is 1. The van der Waals surface area contributed by atoms with Crippen molar-refractivity contribution in [2.45, 2.75) is 0 Å². The number of aliphatic carboxylic acids is 1. The molecule has 1 aromatic rings. The van der Waals surface area contributed by atoms with Gasteiger partial charge in [0.05, 0.1) is 5.69 Å². The number of hydrogen-bond acceptors (Lipinski definition) is 2. The first kappa shape index (κ1) is 14.6. The lowest BCUT2D eigenvalue weighted by Crippen LogP contribution is -2.39. The third-order valence-electron chi connectivity index (χ3n) is 2.16. The molecule has 0 unspecified atom stereocenters. The highest BCUT2D eigenvalue weighted by Gasteiger charge is 2.17. The molecule has 0 spiro atoms. The maximum Gasteiger partial charge on any atom is 0.323 e. The van der Waals surface area contributed by atoms with Crippen molar-refractivity contribution in [1.82, 2.24) is 4.90 Å². The minimum Gasteiger partial charge on any atom is -0.480 e. The fraction of sp³-hybridized carbons (Fsp3) is 0.167. The van der Waals surface area contributed by atoms with Crippen molar-refractivity contribution in [2.24, 2.45) is 0 Å². The van der Waals surface area contributed by atoms with Crippen molar-refractivity contribution in [3.05, 3.63) is 42.5 Å². The predicted molar refractivity (Wildman–Crippen MR) is 64.8 cm³/mol. The van der Waals surface area contributed by atoms with Crippen LogP contribution >= 0.6 is 0 Å². The lowest BCUT2D eigenvalue weighted by atomic mass is 10.3. The van der Waals surface area contributed by atoms with Crippen LogP contribution in [0.4, 0.5) is 19.3 Å². The molecule has 0 saturated carbocycles. The van der Waals surface area contributed by atoms with E-state index in [0.717, 1.165) is 11.0 Å². The summed E-state index contributed by atoms with van der Waals surface area (Å²) in [5, 5.41) is 10.7. The molecule has 7 heteroatoms. The first-order valence-electron chi connectivity index (χ1n) is 5.28. The van der Waals surface area contributed by atoms with Crippen LogP contribution in [-0.2, 0) is 4.79 Å². The SMILES string of the molecule is C=CCN(CC(=O)O)C(=O)Nc1cccc(F)c1F. The Kier molecular flexibility index (Phi) is 4.99. The van der Waals surface area contributed by atoms with Crippen LogP contribution in [0.5, 0.6) is 0 Å². The normalized spacial score (nSPS) is 9.79. The molecule has 0 heterocycles. The minimum absolute atomic E-state index is 0.0327. The Morgan fingerprint density at radius 3 is 2.68 bits per heavy atom. The maximum atomic E-state index is 13.3. The summed E-state index contributed by atoms with van der Waals surface area (Å²) in [5.74, 6) is -3.53. The number of nitrogens with one attached hydrogen (secondary N) is 1. The van der Waals surface area contributed by atoms with Gasteiger partial charge in [0.1, 0.15) is 6.54 Å². The summed E-state index contributed by atoms with van der Waals surface area (Å²) in [7, 11) is 0. The highest BCUT2D eigenvalue weighted by Crippen LogP contribution is 2.16. The van der Waals surface area contributed by atoms with Crippen molar-refractivity contribution in [3.8, 4) is 0 Å². The maximum absolute atomic E-state index is 13.3. The number of amides is 2. The van der Waals surface area contributed by atoms with Crippen molar-refractivity contribution in [1.29, 1.82) is 0 Å². The number of carboxylic acids is 1. The number of benzene rings is 1. The highest BCUT2D eigenvalue weighted by molar-refractivity contribution is 5.91. The first-order chi connectivity index (χ1) is 8.95. The summed E-state index contributed by atoms with van der Waals surface area (Å²) in [6, 6.07) is 2.45. The largest absolute Gasteiger partial charge is 0.480 e. The average Bonchev–Trinajstić information content (AvgIpc) is 2.34. The van der Waals surface area contributed by atoms with Gasteiger partial charge in [-0.3, -0.25) is 4.79 Å². The van der Waals surface area contributed by atoms with Gasteiger partial charge in [-0.25, -0.2) is 13.6 Å². The second kappa shape index (κ2) is 6.48. The van der Waals surface area contributed by atoms with E-state index in [1.807, 2.05) is 0 Å². The van der Waals surface area contributed by atoms with Crippen LogP contribution in [0.15, 0.2) is 30.9 Å². The number of nitrogens with zero attached hydrogens (tertiary/aromatic N) is 1. The van der Waals surface area contributed by atoms with Gasteiger partial charge >= 0.3 is 12.0 Å². The van der Waals surface area contributed by atoms with Crippen molar-refractivity contribution in [3.63, 3.8) is 0 Å². The second-order valence-corrected chi connectivity index (χ2v) is 3.59. The van der Waals surface area contributed by atoms with Crippen LogP contribution in [-0.4, -0.2) is 35.1 Å². The summed E-state index contributed by atoms with van der Waals surface area (Å²) in [4.78, 5) is 23.2. The molecule has 0 aliphatic rings. The number of rotatable bonds is 5. The van der Waals surface area contributed by atoms with Crippen molar-refractivity contribution >= 4 is 17.7 Å². The molecule has 0 fully saturated rings. The number of hydrogen-bond donors (Lipinski definition) is 2. The van der Waals surface area contributed by atoms with Crippen LogP contribution in [0, 0.1) is 11.6 Å². The molecule has 1 rings (SSSR count). The molecule has 1 aromatic carbocycles. The molecule has 0 aliphatic heterocycles. The van der Waals surface area contributed by atoms with E-state index in [2.05, 4.69) is 11.9 Å². The Bertz CT molecular complexity index is 506. The Hall–Kier alpha value is -2.44. The van der Waals surface area contributed by atoms with E-state index >= 15 is 0 Å². The molecule has 0 atom stereocenters. The monoisotopic (exact) mass is 270 g/mol.